The summed E-state index contributed by atoms with van der Waals surface area (Å²) in [6.45, 7) is 19.4. The van der Waals surface area contributed by atoms with Crippen molar-refractivity contribution in [2.45, 2.75) is 109 Å². The fraction of sp³-hybridized carbons (Fsp3) is 0.870. The van der Waals surface area contributed by atoms with Gasteiger partial charge in [-0.1, -0.05) is 26.7 Å². The molecule has 8 nitrogen and oxygen atoms in total. The molecule has 1 N–H and O–H groups in total. The third-order valence-corrected chi connectivity index (χ3v) is 10.7. The SMILES string of the molecule is CO[C@]1(C)O[C@H]([C@H](O)C#CC(=O)OC(C)(C)C)[C@H](CO[Si](C)(C)C(C)(C)C)O[C@@]1(C)OC. The average molecular weight is 475 g/mol. The Morgan fingerprint density at radius 3 is 2.00 bits per heavy atom. The van der Waals surface area contributed by atoms with Gasteiger partial charge in [-0.2, -0.15) is 0 Å². The van der Waals surface area contributed by atoms with Crippen LogP contribution < -0.4 is 0 Å². The Hall–Kier alpha value is -0.993. The van der Waals surface area contributed by atoms with Crippen LogP contribution >= 0.6 is 0 Å². The van der Waals surface area contributed by atoms with E-state index in [0.29, 0.717) is 0 Å². The Labute approximate surface area is 194 Å². The molecule has 1 rings (SSSR count). The van der Waals surface area contributed by atoms with Gasteiger partial charge in [0.1, 0.15) is 23.9 Å². The van der Waals surface area contributed by atoms with E-state index in [1.54, 1.807) is 34.6 Å². The van der Waals surface area contributed by atoms with E-state index in [-0.39, 0.29) is 11.6 Å². The summed E-state index contributed by atoms with van der Waals surface area (Å²) in [6, 6.07) is 0. The van der Waals surface area contributed by atoms with Gasteiger partial charge in [0.15, 0.2) is 8.32 Å². The van der Waals surface area contributed by atoms with Crippen molar-refractivity contribution in [1.29, 1.82) is 0 Å². The first-order valence-corrected chi connectivity index (χ1v) is 13.7. The molecule has 32 heavy (non-hydrogen) atoms. The van der Waals surface area contributed by atoms with Crippen LogP contribution in [0.3, 0.4) is 0 Å². The van der Waals surface area contributed by atoms with Gasteiger partial charge in [-0.15, -0.1) is 0 Å². The number of aliphatic hydroxyl groups is 1. The van der Waals surface area contributed by atoms with E-state index >= 15 is 0 Å². The molecule has 1 fully saturated rings. The van der Waals surface area contributed by atoms with E-state index in [4.69, 9.17) is 28.1 Å². The van der Waals surface area contributed by atoms with Crippen molar-refractivity contribution in [2.75, 3.05) is 20.8 Å². The van der Waals surface area contributed by atoms with Crippen LogP contribution in [0.25, 0.3) is 0 Å². The third kappa shape index (κ3) is 7.00. The van der Waals surface area contributed by atoms with E-state index in [9.17, 15) is 9.90 Å². The van der Waals surface area contributed by atoms with E-state index < -0.39 is 49.8 Å². The molecule has 0 unspecified atom stereocenters. The fourth-order valence-electron chi connectivity index (χ4n) is 2.79. The van der Waals surface area contributed by atoms with E-state index in [2.05, 4.69) is 45.7 Å². The van der Waals surface area contributed by atoms with Crippen LogP contribution in [0.5, 0.6) is 0 Å². The molecule has 9 heteroatoms. The van der Waals surface area contributed by atoms with Crippen molar-refractivity contribution >= 4 is 14.3 Å². The predicted octanol–water partition coefficient (Wildman–Crippen LogP) is 3.22. The quantitative estimate of drug-likeness (QED) is 0.271. The average Bonchev–Trinajstić information content (AvgIpc) is 2.64. The Morgan fingerprint density at radius 2 is 1.56 bits per heavy atom. The van der Waals surface area contributed by atoms with Gasteiger partial charge in [0.2, 0.25) is 11.6 Å². The van der Waals surface area contributed by atoms with E-state index in [1.165, 1.54) is 14.2 Å². The first kappa shape index (κ1) is 29.0. The van der Waals surface area contributed by atoms with Crippen LogP contribution in [-0.4, -0.2) is 75.7 Å². The Morgan fingerprint density at radius 1 is 1.06 bits per heavy atom. The van der Waals surface area contributed by atoms with Crippen molar-refractivity contribution in [2.24, 2.45) is 0 Å². The molecule has 186 valence electrons. The number of methoxy groups -OCH3 is 2. The van der Waals surface area contributed by atoms with Crippen LogP contribution in [-0.2, 0) is 32.9 Å². The molecule has 0 amide bonds. The first-order chi connectivity index (χ1) is 14.3. The zero-order chi connectivity index (χ0) is 25.2. The van der Waals surface area contributed by atoms with Gasteiger partial charge < -0.3 is 33.2 Å². The van der Waals surface area contributed by atoms with E-state index in [0.717, 1.165) is 0 Å². The summed E-state index contributed by atoms with van der Waals surface area (Å²) in [5.41, 5.74) is -0.685. The number of carbonyl (C=O) groups is 1. The molecule has 0 saturated carbocycles. The number of hydrogen-bond donors (Lipinski definition) is 1. The third-order valence-electron chi connectivity index (χ3n) is 6.15. The zero-order valence-electron chi connectivity index (χ0n) is 21.7. The summed E-state index contributed by atoms with van der Waals surface area (Å²) in [5.74, 6) is 1.52. The molecule has 1 saturated heterocycles. The lowest BCUT2D eigenvalue weighted by atomic mass is 10.0. The van der Waals surface area contributed by atoms with Crippen molar-refractivity contribution in [3.05, 3.63) is 0 Å². The Bertz CT molecular complexity index is 714. The molecular formula is C23H42O8Si. The van der Waals surface area contributed by atoms with Crippen LogP contribution in [0.15, 0.2) is 0 Å². The lowest BCUT2D eigenvalue weighted by Gasteiger charge is -2.52. The molecule has 0 aromatic carbocycles. The Kier molecular flexibility index (Phi) is 9.16. The molecule has 1 heterocycles. The molecule has 0 spiro atoms. The van der Waals surface area contributed by atoms with E-state index in [1.807, 2.05) is 0 Å². The highest BCUT2D eigenvalue weighted by Crippen LogP contribution is 2.41. The Balaban J connectivity index is 3.20. The minimum atomic E-state index is -2.12. The molecule has 5 atom stereocenters. The van der Waals surface area contributed by atoms with Gasteiger partial charge in [-0.25, -0.2) is 4.79 Å². The topological polar surface area (TPSA) is 92.7 Å². The molecule has 1 aliphatic rings. The van der Waals surface area contributed by atoms with Crippen molar-refractivity contribution in [1.82, 2.24) is 0 Å². The van der Waals surface area contributed by atoms with Crippen molar-refractivity contribution < 1.29 is 38.0 Å². The van der Waals surface area contributed by atoms with Gasteiger partial charge in [0.25, 0.3) is 0 Å². The minimum Gasteiger partial charge on any atom is -0.450 e. The summed E-state index contributed by atoms with van der Waals surface area (Å²) in [5, 5.41) is 10.8. The van der Waals surface area contributed by atoms with Crippen molar-refractivity contribution in [3.63, 3.8) is 0 Å². The maximum absolute atomic E-state index is 12.0. The van der Waals surface area contributed by atoms with Gasteiger partial charge in [-0.05, 0) is 52.8 Å². The highest BCUT2D eigenvalue weighted by molar-refractivity contribution is 6.74. The minimum absolute atomic E-state index is 0.0151. The van der Waals surface area contributed by atoms with Gasteiger partial charge >= 0.3 is 5.97 Å². The summed E-state index contributed by atoms with van der Waals surface area (Å²) in [6.07, 6.45) is -3.03. The second-order valence-corrected chi connectivity index (χ2v) is 15.6. The standard InChI is InChI=1S/C23H42O8Si/c1-20(2,3)30-18(25)14-13-16(24)19-17(15-28-32(11,12)21(4,5)6)29-22(7,26-9)23(8,27-10)31-19/h16-17,19,24H,15H2,1-12H3/t16-,17+,19-,22-,23-/m1/s1. The highest BCUT2D eigenvalue weighted by atomic mass is 28.4. The molecule has 0 aliphatic carbocycles. The molecule has 0 aromatic heterocycles. The van der Waals surface area contributed by atoms with Crippen LogP contribution in [0.2, 0.25) is 18.1 Å². The monoisotopic (exact) mass is 474 g/mol. The number of esters is 1. The number of rotatable bonds is 6. The summed E-state index contributed by atoms with van der Waals surface area (Å²) in [7, 11) is 0.836. The predicted molar refractivity (Wildman–Crippen MR) is 123 cm³/mol. The first-order valence-electron chi connectivity index (χ1n) is 10.8. The summed E-state index contributed by atoms with van der Waals surface area (Å²) < 4.78 is 35.0. The maximum atomic E-state index is 12.0. The zero-order valence-corrected chi connectivity index (χ0v) is 22.7. The molecule has 0 bridgehead atoms. The number of carbonyl (C=O) groups excluding carboxylic acids is 1. The van der Waals surface area contributed by atoms with Gasteiger partial charge in [-0.3, -0.25) is 0 Å². The normalized spacial score (nSPS) is 30.3. The second kappa shape index (κ2) is 10.1. The molecule has 1 aliphatic heterocycles. The van der Waals surface area contributed by atoms with Crippen LogP contribution in [0.1, 0.15) is 55.4 Å². The molecular weight excluding hydrogens is 432 g/mol. The fourth-order valence-corrected chi connectivity index (χ4v) is 3.81. The second-order valence-electron chi connectivity index (χ2n) is 10.8. The summed E-state index contributed by atoms with van der Waals surface area (Å²) in [4.78, 5) is 12.0. The highest BCUT2D eigenvalue weighted by Gasteiger charge is 2.58. The molecule has 0 aromatic rings. The lowest BCUT2D eigenvalue weighted by Crippen LogP contribution is -2.68. The largest absolute Gasteiger partial charge is 0.450 e. The van der Waals surface area contributed by atoms with Gasteiger partial charge in [0.05, 0.1) is 6.61 Å². The lowest BCUT2D eigenvalue weighted by molar-refractivity contribution is -0.453. The van der Waals surface area contributed by atoms with Crippen LogP contribution in [0, 0.1) is 11.8 Å². The van der Waals surface area contributed by atoms with Crippen LogP contribution in [0.4, 0.5) is 0 Å². The molecule has 0 radical (unpaired) electrons. The number of ether oxygens (including phenoxy) is 5. The smallest absolute Gasteiger partial charge is 0.384 e. The number of hydrogen-bond acceptors (Lipinski definition) is 8. The van der Waals surface area contributed by atoms with Crippen molar-refractivity contribution in [3.8, 4) is 11.8 Å². The maximum Gasteiger partial charge on any atom is 0.384 e. The number of aliphatic hydroxyl groups excluding tert-OH is 1. The van der Waals surface area contributed by atoms with Gasteiger partial charge in [0, 0.05) is 20.1 Å². The summed E-state index contributed by atoms with van der Waals surface area (Å²) >= 11 is 0.